The number of esters is 1. The van der Waals surface area contributed by atoms with Gasteiger partial charge in [0.25, 0.3) is 0 Å². The molecular formula is C23H26N6O5S. The minimum Gasteiger partial charge on any atom is -0.495 e. The molecule has 1 aliphatic rings. The Labute approximate surface area is 203 Å². The van der Waals surface area contributed by atoms with Crippen LogP contribution in [0.1, 0.15) is 24.2 Å². The molecule has 4 rings (SSSR count). The van der Waals surface area contributed by atoms with Crippen molar-refractivity contribution in [3.63, 3.8) is 0 Å². The molecule has 2 heterocycles. The Balaban J connectivity index is 1.45. The van der Waals surface area contributed by atoms with Gasteiger partial charge in [0, 0.05) is 6.54 Å². The summed E-state index contributed by atoms with van der Waals surface area (Å²) in [4.78, 5) is 25.3. The van der Waals surface area contributed by atoms with Crippen LogP contribution in [0.25, 0.3) is 0 Å². The van der Waals surface area contributed by atoms with Gasteiger partial charge in [-0.2, -0.15) is 19.3 Å². The highest BCUT2D eigenvalue weighted by Gasteiger charge is 2.40. The fourth-order valence-electron chi connectivity index (χ4n) is 3.77. The summed E-state index contributed by atoms with van der Waals surface area (Å²) in [7, 11) is -2.30. The normalized spacial score (nSPS) is 16.1. The first-order valence-corrected chi connectivity index (χ1v) is 12.4. The zero-order valence-corrected chi connectivity index (χ0v) is 20.2. The van der Waals surface area contributed by atoms with Gasteiger partial charge < -0.3 is 20.5 Å². The number of rotatable bonds is 8. The van der Waals surface area contributed by atoms with E-state index in [-0.39, 0.29) is 35.8 Å². The molecule has 0 radical (unpaired) electrons. The zero-order valence-electron chi connectivity index (χ0n) is 19.3. The first-order chi connectivity index (χ1) is 16.8. The van der Waals surface area contributed by atoms with E-state index in [4.69, 9.17) is 15.2 Å². The molecule has 0 amide bonds. The van der Waals surface area contributed by atoms with E-state index in [0.717, 1.165) is 5.56 Å². The Hall–Kier alpha value is -3.77. The average Bonchev–Trinajstić information content (AvgIpc) is 3.34. The maximum absolute atomic E-state index is 13.1. The number of hydrogen-bond donors (Lipinski definition) is 2. The number of nitrogen functional groups attached to an aromatic ring is 1. The van der Waals surface area contributed by atoms with Crippen LogP contribution in [0.15, 0.2) is 53.4 Å². The van der Waals surface area contributed by atoms with Crippen LogP contribution in [0.3, 0.4) is 0 Å². The van der Waals surface area contributed by atoms with Gasteiger partial charge in [-0.25, -0.2) is 8.42 Å². The summed E-state index contributed by atoms with van der Waals surface area (Å²) in [6.45, 7) is 1.82. The second-order valence-electron chi connectivity index (χ2n) is 7.95. The standard InChI is InChI=1S/C23H26N6O5S/c1-15-9-11-16(12-10-15)35(31,32)29-13-5-7-18(29)21(30)34-14-20-26-22(24)28-23(27-20)25-17-6-3-4-8-19(17)33-2/h3-4,6,8-12,18H,5,7,13-14H2,1-2H3,(H3,24,25,26,27,28)/t18-/m0/s1. The lowest BCUT2D eigenvalue weighted by Gasteiger charge is -2.22. The SMILES string of the molecule is COc1ccccc1Nc1nc(N)nc(COC(=O)[C@@H]2CCCN2S(=O)(=O)c2ccc(C)cc2)n1. The minimum atomic E-state index is -3.84. The number of carbonyl (C=O) groups is 1. The monoisotopic (exact) mass is 498 g/mol. The van der Waals surface area contributed by atoms with Gasteiger partial charge in [-0.3, -0.25) is 4.79 Å². The molecule has 1 fully saturated rings. The molecule has 0 unspecified atom stereocenters. The first kappa shape index (κ1) is 24.4. The summed E-state index contributed by atoms with van der Waals surface area (Å²) < 4.78 is 38.1. The third-order valence-corrected chi connectivity index (χ3v) is 7.42. The molecule has 0 saturated carbocycles. The summed E-state index contributed by atoms with van der Waals surface area (Å²) in [5.41, 5.74) is 7.36. The Morgan fingerprint density at radius 2 is 1.89 bits per heavy atom. The number of nitrogens with zero attached hydrogens (tertiary/aromatic N) is 4. The van der Waals surface area contributed by atoms with Crippen molar-refractivity contribution in [2.24, 2.45) is 0 Å². The number of ether oxygens (including phenoxy) is 2. The third kappa shape index (κ3) is 5.49. The van der Waals surface area contributed by atoms with Crippen molar-refractivity contribution in [3.8, 4) is 5.75 Å². The van der Waals surface area contributed by atoms with Crippen LogP contribution in [0, 0.1) is 6.92 Å². The Morgan fingerprint density at radius 1 is 1.14 bits per heavy atom. The number of sulfonamides is 1. The molecule has 1 aromatic heterocycles. The van der Waals surface area contributed by atoms with Crippen molar-refractivity contribution in [1.29, 1.82) is 0 Å². The van der Waals surface area contributed by atoms with Crippen molar-refractivity contribution in [3.05, 3.63) is 59.9 Å². The first-order valence-electron chi connectivity index (χ1n) is 10.9. The van der Waals surface area contributed by atoms with Crippen LogP contribution in [0.5, 0.6) is 5.75 Å². The third-order valence-electron chi connectivity index (χ3n) is 5.50. The van der Waals surface area contributed by atoms with Crippen LogP contribution in [-0.4, -0.2) is 53.3 Å². The van der Waals surface area contributed by atoms with Gasteiger partial charge in [0.05, 0.1) is 17.7 Å². The summed E-state index contributed by atoms with van der Waals surface area (Å²) in [5.74, 6) is 0.117. The minimum absolute atomic E-state index is 0.0621. The smallest absolute Gasteiger partial charge is 0.324 e. The van der Waals surface area contributed by atoms with Crippen LogP contribution in [0.2, 0.25) is 0 Å². The molecule has 1 aliphatic heterocycles. The van der Waals surface area contributed by atoms with E-state index in [1.165, 1.54) is 16.4 Å². The number of aromatic nitrogens is 3. The van der Waals surface area contributed by atoms with E-state index in [2.05, 4.69) is 20.3 Å². The van der Waals surface area contributed by atoms with E-state index in [1.54, 1.807) is 31.4 Å². The highest BCUT2D eigenvalue weighted by atomic mass is 32.2. The number of benzene rings is 2. The van der Waals surface area contributed by atoms with Crippen molar-refractivity contribution in [1.82, 2.24) is 19.3 Å². The number of methoxy groups -OCH3 is 1. The molecule has 3 N–H and O–H groups in total. The molecule has 0 aliphatic carbocycles. The fraction of sp³-hybridized carbons (Fsp3) is 0.304. The van der Waals surface area contributed by atoms with Gasteiger partial charge in [0.2, 0.25) is 21.9 Å². The predicted octanol–water partition coefficient (Wildman–Crippen LogP) is 2.41. The molecule has 184 valence electrons. The van der Waals surface area contributed by atoms with Gasteiger partial charge in [-0.15, -0.1) is 0 Å². The number of aryl methyl sites for hydroxylation is 1. The van der Waals surface area contributed by atoms with Crippen molar-refractivity contribution in [2.45, 2.75) is 37.3 Å². The quantitative estimate of drug-likeness (QED) is 0.443. The molecule has 1 atom stereocenters. The number of para-hydroxylation sites is 2. The molecule has 0 spiro atoms. The lowest BCUT2D eigenvalue weighted by molar-refractivity contribution is -0.149. The van der Waals surface area contributed by atoms with Gasteiger partial charge in [0.1, 0.15) is 11.8 Å². The Kier molecular flexibility index (Phi) is 7.12. The Morgan fingerprint density at radius 3 is 2.63 bits per heavy atom. The van der Waals surface area contributed by atoms with Gasteiger partial charge in [-0.05, 0) is 44.0 Å². The number of hydrogen-bond acceptors (Lipinski definition) is 10. The number of nitrogens with one attached hydrogen (secondary N) is 1. The second-order valence-corrected chi connectivity index (χ2v) is 9.84. The molecule has 0 bridgehead atoms. The largest absolute Gasteiger partial charge is 0.495 e. The van der Waals surface area contributed by atoms with E-state index >= 15 is 0 Å². The van der Waals surface area contributed by atoms with Gasteiger partial charge in [0.15, 0.2) is 12.4 Å². The highest BCUT2D eigenvalue weighted by molar-refractivity contribution is 7.89. The number of anilines is 3. The molecule has 11 nitrogen and oxygen atoms in total. The van der Waals surface area contributed by atoms with E-state index in [9.17, 15) is 13.2 Å². The topological polar surface area (TPSA) is 150 Å². The molecule has 12 heteroatoms. The highest BCUT2D eigenvalue weighted by Crippen LogP contribution is 2.28. The predicted molar refractivity (Wildman–Crippen MR) is 128 cm³/mol. The molecule has 2 aromatic carbocycles. The van der Waals surface area contributed by atoms with Crippen molar-refractivity contribution in [2.75, 3.05) is 24.7 Å². The maximum Gasteiger partial charge on any atom is 0.324 e. The van der Waals surface area contributed by atoms with Crippen molar-refractivity contribution >= 4 is 33.6 Å². The number of nitrogens with two attached hydrogens (primary N) is 1. The summed E-state index contributed by atoms with van der Waals surface area (Å²) in [6, 6.07) is 12.8. The van der Waals surface area contributed by atoms with E-state index in [1.807, 2.05) is 19.1 Å². The lowest BCUT2D eigenvalue weighted by Crippen LogP contribution is -2.41. The van der Waals surface area contributed by atoms with Crippen LogP contribution >= 0.6 is 0 Å². The molecule has 3 aromatic rings. The molecular weight excluding hydrogens is 472 g/mol. The van der Waals surface area contributed by atoms with Gasteiger partial charge >= 0.3 is 5.97 Å². The van der Waals surface area contributed by atoms with E-state index < -0.39 is 22.0 Å². The second kappa shape index (κ2) is 10.2. The van der Waals surface area contributed by atoms with E-state index in [0.29, 0.717) is 24.3 Å². The van der Waals surface area contributed by atoms with Crippen LogP contribution in [0.4, 0.5) is 17.6 Å². The lowest BCUT2D eigenvalue weighted by atomic mass is 10.2. The maximum atomic E-state index is 13.1. The fourth-order valence-corrected chi connectivity index (χ4v) is 5.41. The molecule has 1 saturated heterocycles. The number of carbonyl (C=O) groups excluding carboxylic acids is 1. The molecule has 35 heavy (non-hydrogen) atoms. The van der Waals surface area contributed by atoms with Gasteiger partial charge in [-0.1, -0.05) is 29.8 Å². The average molecular weight is 499 g/mol. The van der Waals surface area contributed by atoms with Crippen LogP contribution < -0.4 is 15.8 Å². The van der Waals surface area contributed by atoms with Crippen molar-refractivity contribution < 1.29 is 22.7 Å². The summed E-state index contributed by atoms with van der Waals surface area (Å²) in [6.07, 6.45) is 0.917. The summed E-state index contributed by atoms with van der Waals surface area (Å²) in [5, 5.41) is 3.00. The Bertz CT molecular complexity index is 1320. The zero-order chi connectivity index (χ0) is 25.0. The van der Waals surface area contributed by atoms with Crippen LogP contribution in [-0.2, 0) is 26.2 Å². The summed E-state index contributed by atoms with van der Waals surface area (Å²) >= 11 is 0.